The van der Waals surface area contributed by atoms with Gasteiger partial charge in [-0.15, -0.1) is 0 Å². The van der Waals surface area contributed by atoms with Crippen molar-refractivity contribution in [3.05, 3.63) is 35.4 Å². The van der Waals surface area contributed by atoms with Gasteiger partial charge in [0, 0.05) is 32.2 Å². The molecule has 1 amide bonds. The van der Waals surface area contributed by atoms with Crippen molar-refractivity contribution in [1.29, 1.82) is 0 Å². The minimum Gasteiger partial charge on any atom is -0.339 e. The zero-order valence-electron chi connectivity index (χ0n) is 14.4. The van der Waals surface area contributed by atoms with Crippen LogP contribution in [0.3, 0.4) is 0 Å². The third kappa shape index (κ3) is 4.55. The minimum atomic E-state index is 0.258. The standard InChI is InChI=1S/C18H29N3O/c1-15-7-5-6-8-17(15)13-16(2)20(4)10-12-21-11-9-19(3)14-18(21)22/h5-8,16H,9-14H2,1-4H3. The Bertz CT molecular complexity index is 503. The highest BCUT2D eigenvalue weighted by Gasteiger charge is 2.22. The summed E-state index contributed by atoms with van der Waals surface area (Å²) in [5.41, 5.74) is 2.77. The molecule has 1 heterocycles. The van der Waals surface area contributed by atoms with Crippen LogP contribution in [0.4, 0.5) is 0 Å². The quantitative estimate of drug-likeness (QED) is 0.799. The highest BCUT2D eigenvalue weighted by Crippen LogP contribution is 2.12. The lowest BCUT2D eigenvalue weighted by atomic mass is 10.0. The first-order chi connectivity index (χ1) is 10.5. The SMILES string of the molecule is Cc1ccccc1CC(C)N(C)CCN1CCN(C)CC1=O. The van der Waals surface area contributed by atoms with Crippen molar-refractivity contribution in [3.63, 3.8) is 0 Å². The summed E-state index contributed by atoms with van der Waals surface area (Å²) in [5, 5.41) is 0. The highest BCUT2D eigenvalue weighted by atomic mass is 16.2. The maximum absolute atomic E-state index is 12.0. The average molecular weight is 303 g/mol. The number of benzene rings is 1. The molecule has 1 saturated heterocycles. The minimum absolute atomic E-state index is 0.258. The first-order valence-electron chi connectivity index (χ1n) is 8.18. The number of hydrogen-bond donors (Lipinski definition) is 0. The molecule has 0 aromatic heterocycles. The Labute approximate surface area is 134 Å². The van der Waals surface area contributed by atoms with Gasteiger partial charge in [-0.25, -0.2) is 0 Å². The van der Waals surface area contributed by atoms with Crippen molar-refractivity contribution in [2.45, 2.75) is 26.3 Å². The van der Waals surface area contributed by atoms with E-state index >= 15 is 0 Å². The largest absolute Gasteiger partial charge is 0.339 e. The number of amides is 1. The normalized spacial score (nSPS) is 18.0. The third-order valence-electron chi connectivity index (χ3n) is 4.76. The molecule has 1 aliphatic rings. The van der Waals surface area contributed by atoms with Crippen molar-refractivity contribution in [2.75, 3.05) is 46.8 Å². The molecular weight excluding hydrogens is 274 g/mol. The lowest BCUT2D eigenvalue weighted by molar-refractivity contribution is -0.135. The number of likely N-dealkylation sites (N-methyl/N-ethyl adjacent to an activating group) is 2. The Kier molecular flexibility index (Phi) is 5.98. The first kappa shape index (κ1) is 17.0. The van der Waals surface area contributed by atoms with Gasteiger partial charge in [-0.3, -0.25) is 9.69 Å². The molecule has 0 N–H and O–H groups in total. The van der Waals surface area contributed by atoms with Crippen molar-refractivity contribution in [1.82, 2.24) is 14.7 Å². The summed E-state index contributed by atoms with van der Waals surface area (Å²) in [5.74, 6) is 0.258. The van der Waals surface area contributed by atoms with E-state index in [2.05, 4.69) is 55.0 Å². The molecule has 4 heteroatoms. The topological polar surface area (TPSA) is 26.8 Å². The summed E-state index contributed by atoms with van der Waals surface area (Å²) in [6.45, 7) is 8.60. The summed E-state index contributed by atoms with van der Waals surface area (Å²) in [6.07, 6.45) is 1.06. The van der Waals surface area contributed by atoms with E-state index in [-0.39, 0.29) is 5.91 Å². The van der Waals surface area contributed by atoms with Crippen molar-refractivity contribution in [2.24, 2.45) is 0 Å². The molecular formula is C18H29N3O. The van der Waals surface area contributed by atoms with E-state index in [9.17, 15) is 4.79 Å². The first-order valence-corrected chi connectivity index (χ1v) is 8.18. The average Bonchev–Trinajstić information content (AvgIpc) is 2.48. The molecule has 0 radical (unpaired) electrons. The van der Waals surface area contributed by atoms with Crippen LogP contribution < -0.4 is 0 Å². The second kappa shape index (κ2) is 7.75. The van der Waals surface area contributed by atoms with Crippen LogP contribution in [-0.2, 0) is 11.2 Å². The van der Waals surface area contributed by atoms with Gasteiger partial charge < -0.3 is 9.80 Å². The van der Waals surface area contributed by atoms with E-state index in [0.29, 0.717) is 12.6 Å². The summed E-state index contributed by atoms with van der Waals surface area (Å²) >= 11 is 0. The fourth-order valence-electron chi connectivity index (χ4n) is 2.87. The predicted molar refractivity (Wildman–Crippen MR) is 91.1 cm³/mol. The zero-order valence-corrected chi connectivity index (χ0v) is 14.4. The smallest absolute Gasteiger partial charge is 0.236 e. The van der Waals surface area contributed by atoms with Gasteiger partial charge in [0.25, 0.3) is 0 Å². The molecule has 0 spiro atoms. The van der Waals surface area contributed by atoms with Gasteiger partial charge in [-0.1, -0.05) is 24.3 Å². The molecule has 1 aromatic carbocycles. The van der Waals surface area contributed by atoms with Crippen LogP contribution in [0.5, 0.6) is 0 Å². The van der Waals surface area contributed by atoms with Crippen LogP contribution in [-0.4, -0.2) is 73.5 Å². The predicted octanol–water partition coefficient (Wildman–Crippen LogP) is 1.63. The van der Waals surface area contributed by atoms with Crippen LogP contribution in [0.1, 0.15) is 18.1 Å². The number of piperazine rings is 1. The number of nitrogens with zero attached hydrogens (tertiary/aromatic N) is 3. The van der Waals surface area contributed by atoms with E-state index in [1.807, 2.05) is 11.9 Å². The maximum Gasteiger partial charge on any atom is 0.236 e. The van der Waals surface area contributed by atoms with Gasteiger partial charge in [0.05, 0.1) is 6.54 Å². The van der Waals surface area contributed by atoms with Crippen molar-refractivity contribution in [3.8, 4) is 0 Å². The molecule has 4 nitrogen and oxygen atoms in total. The molecule has 122 valence electrons. The molecule has 0 aliphatic carbocycles. The molecule has 2 rings (SSSR count). The van der Waals surface area contributed by atoms with Gasteiger partial charge in [0.15, 0.2) is 0 Å². The number of aryl methyl sites for hydroxylation is 1. The monoisotopic (exact) mass is 303 g/mol. The summed E-state index contributed by atoms with van der Waals surface area (Å²) in [6, 6.07) is 9.06. The zero-order chi connectivity index (χ0) is 16.1. The fourth-order valence-corrected chi connectivity index (χ4v) is 2.87. The Morgan fingerprint density at radius 1 is 1.27 bits per heavy atom. The Morgan fingerprint density at radius 2 is 2.00 bits per heavy atom. The second-order valence-corrected chi connectivity index (χ2v) is 6.58. The van der Waals surface area contributed by atoms with Crippen LogP contribution in [0, 0.1) is 6.92 Å². The molecule has 22 heavy (non-hydrogen) atoms. The highest BCUT2D eigenvalue weighted by molar-refractivity contribution is 5.78. The van der Waals surface area contributed by atoms with Gasteiger partial charge in [-0.05, 0) is 45.5 Å². The number of rotatable bonds is 6. The number of carbonyl (C=O) groups is 1. The van der Waals surface area contributed by atoms with Crippen LogP contribution in [0.25, 0.3) is 0 Å². The molecule has 1 atom stereocenters. The lowest BCUT2D eigenvalue weighted by Gasteiger charge is -2.34. The second-order valence-electron chi connectivity index (χ2n) is 6.58. The van der Waals surface area contributed by atoms with Crippen LogP contribution in [0.15, 0.2) is 24.3 Å². The summed E-state index contributed by atoms with van der Waals surface area (Å²) < 4.78 is 0. The molecule has 1 aliphatic heterocycles. The van der Waals surface area contributed by atoms with E-state index in [0.717, 1.165) is 32.6 Å². The van der Waals surface area contributed by atoms with Crippen molar-refractivity contribution < 1.29 is 4.79 Å². The molecule has 1 unspecified atom stereocenters. The maximum atomic E-state index is 12.0. The van der Waals surface area contributed by atoms with E-state index in [1.54, 1.807) is 0 Å². The van der Waals surface area contributed by atoms with Crippen molar-refractivity contribution >= 4 is 5.91 Å². The Hall–Kier alpha value is -1.39. The fraction of sp³-hybridized carbons (Fsp3) is 0.611. The van der Waals surface area contributed by atoms with Gasteiger partial charge in [-0.2, -0.15) is 0 Å². The van der Waals surface area contributed by atoms with Gasteiger partial charge in [0.1, 0.15) is 0 Å². The van der Waals surface area contributed by atoms with E-state index in [4.69, 9.17) is 0 Å². The number of hydrogen-bond acceptors (Lipinski definition) is 3. The summed E-state index contributed by atoms with van der Waals surface area (Å²) in [7, 11) is 4.16. The summed E-state index contributed by atoms with van der Waals surface area (Å²) in [4.78, 5) is 18.4. The molecule has 0 saturated carbocycles. The van der Waals surface area contributed by atoms with Gasteiger partial charge >= 0.3 is 0 Å². The van der Waals surface area contributed by atoms with E-state index < -0.39 is 0 Å². The van der Waals surface area contributed by atoms with Crippen LogP contribution in [0.2, 0.25) is 0 Å². The molecule has 1 fully saturated rings. The van der Waals surface area contributed by atoms with Crippen LogP contribution >= 0.6 is 0 Å². The Morgan fingerprint density at radius 3 is 2.68 bits per heavy atom. The molecule has 1 aromatic rings. The van der Waals surface area contributed by atoms with Gasteiger partial charge in [0.2, 0.25) is 5.91 Å². The third-order valence-corrected chi connectivity index (χ3v) is 4.76. The van der Waals surface area contributed by atoms with E-state index in [1.165, 1.54) is 11.1 Å². The molecule has 0 bridgehead atoms. The lowest BCUT2D eigenvalue weighted by Crippen LogP contribution is -2.51. The Balaban J connectivity index is 1.80. The number of carbonyl (C=O) groups excluding carboxylic acids is 1.